The minimum atomic E-state index is -0.518. The predicted octanol–water partition coefficient (Wildman–Crippen LogP) is 6.81. The van der Waals surface area contributed by atoms with E-state index in [2.05, 4.69) is 49.0 Å². The summed E-state index contributed by atoms with van der Waals surface area (Å²) in [5.74, 6) is -0.518. The molecule has 0 spiro atoms. The van der Waals surface area contributed by atoms with E-state index in [0.717, 1.165) is 49.0 Å². The molecule has 2 aromatic heterocycles. The fraction of sp³-hybridized carbons (Fsp3) is 0.258. The number of ether oxygens (including phenoxy) is 2. The van der Waals surface area contributed by atoms with Crippen LogP contribution in [-0.4, -0.2) is 40.8 Å². The monoisotopic (exact) mass is 573 g/mol. The Morgan fingerprint density at radius 1 is 1.10 bits per heavy atom. The van der Waals surface area contributed by atoms with E-state index in [1.807, 2.05) is 24.3 Å². The van der Waals surface area contributed by atoms with Crippen LogP contribution < -0.4 is 5.48 Å². The molecular weight excluding hydrogens is 545 g/mol. The zero-order valence-electron chi connectivity index (χ0n) is 21.9. The lowest BCUT2D eigenvalue weighted by molar-refractivity contribution is -0.162. The Morgan fingerprint density at radius 3 is 2.58 bits per heavy atom. The number of amides is 1. The number of nitrogens with zero attached hydrogens (tertiary/aromatic N) is 2. The van der Waals surface area contributed by atoms with Gasteiger partial charge in [-0.3, -0.25) is 9.78 Å². The third-order valence-corrected chi connectivity index (χ3v) is 7.21. The maximum atomic E-state index is 12.9. The molecule has 1 atom stereocenters. The van der Waals surface area contributed by atoms with Crippen LogP contribution in [0, 0.1) is 0 Å². The van der Waals surface area contributed by atoms with Crippen molar-refractivity contribution in [3.63, 3.8) is 0 Å². The summed E-state index contributed by atoms with van der Waals surface area (Å²) in [5, 5.41) is 0.735. The number of hydroxylamine groups is 1. The number of hydrogen-bond donors (Lipinski definition) is 1. The number of halogens is 1. The fourth-order valence-corrected chi connectivity index (χ4v) is 5.08. The number of aryl methyl sites for hydroxylation is 1. The molecule has 0 radical (unpaired) electrons. The highest BCUT2D eigenvalue weighted by Gasteiger charge is 2.21. The average Bonchev–Trinajstić information content (AvgIpc) is 3.00. The second kappa shape index (κ2) is 13.7. The lowest BCUT2D eigenvalue weighted by Crippen LogP contribution is -2.22. The Bertz CT molecular complexity index is 1520. The Labute approximate surface area is 240 Å². The number of carbonyl (C=O) groups excluding carboxylic acids is 1. The number of benzene rings is 2. The van der Waals surface area contributed by atoms with Gasteiger partial charge in [0.2, 0.25) is 0 Å². The standard InChI is InChI=1S/C31H29ClN3O4P/c32-29-28(31(36)35-39-18-19-40)25-20-33-15-14-26(25)34-30(29)24-12-10-23(11-13-24)22-8-6-21(7-9-22)4-3-17-38-27-5-1-2-16-37-27/h6-15,18,20,27,40H,1-5,16-17H2,(H,35,36). The zero-order valence-corrected chi connectivity index (χ0v) is 23.6. The van der Waals surface area contributed by atoms with Crippen LogP contribution in [0.25, 0.3) is 33.3 Å². The molecule has 4 aromatic rings. The van der Waals surface area contributed by atoms with Crippen molar-refractivity contribution in [3.05, 3.63) is 89.4 Å². The van der Waals surface area contributed by atoms with Gasteiger partial charge in [0.15, 0.2) is 12.6 Å². The summed E-state index contributed by atoms with van der Waals surface area (Å²) in [6.07, 6.45) is 9.54. The van der Waals surface area contributed by atoms with E-state index >= 15 is 0 Å². The molecular formula is C31H29ClN3O4P. The number of hydrogen-bond acceptors (Lipinski definition) is 6. The molecule has 0 bridgehead atoms. The molecule has 1 fully saturated rings. The first kappa shape index (κ1) is 28.0. The van der Waals surface area contributed by atoms with Gasteiger partial charge in [-0.05, 0) is 54.9 Å². The van der Waals surface area contributed by atoms with Crippen LogP contribution in [0.15, 0.2) is 73.3 Å². The topological polar surface area (TPSA) is 82.6 Å². The van der Waals surface area contributed by atoms with E-state index in [1.165, 1.54) is 18.2 Å². The summed E-state index contributed by atoms with van der Waals surface area (Å²) < 4.78 is 11.5. The van der Waals surface area contributed by atoms with Gasteiger partial charge in [0.05, 0.1) is 28.4 Å². The normalized spacial score (nSPS) is 14.9. The molecule has 1 N–H and O–H groups in total. The average molecular weight is 574 g/mol. The van der Waals surface area contributed by atoms with Crippen LogP contribution in [-0.2, 0) is 20.7 Å². The first-order chi connectivity index (χ1) is 19.6. The molecule has 0 saturated carbocycles. The molecule has 1 amide bonds. The van der Waals surface area contributed by atoms with E-state index in [0.29, 0.717) is 23.2 Å². The van der Waals surface area contributed by atoms with Gasteiger partial charge < -0.3 is 14.3 Å². The Kier molecular flexibility index (Phi) is 9.56. The highest BCUT2D eigenvalue weighted by atomic mass is 35.5. The van der Waals surface area contributed by atoms with Crippen LogP contribution in [0.1, 0.15) is 41.6 Å². The second-order valence-electron chi connectivity index (χ2n) is 9.40. The van der Waals surface area contributed by atoms with Crippen molar-refractivity contribution in [2.75, 3.05) is 13.2 Å². The van der Waals surface area contributed by atoms with E-state index < -0.39 is 5.91 Å². The summed E-state index contributed by atoms with van der Waals surface area (Å²) in [6, 6.07) is 18.3. The molecule has 204 valence electrons. The van der Waals surface area contributed by atoms with Crippen molar-refractivity contribution in [2.45, 2.75) is 38.4 Å². The first-order valence-electron chi connectivity index (χ1n) is 13.2. The highest BCUT2D eigenvalue weighted by Crippen LogP contribution is 2.34. The Hall–Kier alpha value is -3.57. The van der Waals surface area contributed by atoms with Gasteiger partial charge in [-0.2, -0.15) is 5.48 Å². The summed E-state index contributed by atoms with van der Waals surface area (Å²) in [5.41, 5.74) is 10.4. The third-order valence-electron chi connectivity index (χ3n) is 6.72. The maximum Gasteiger partial charge on any atom is 0.286 e. The van der Waals surface area contributed by atoms with E-state index in [-0.39, 0.29) is 16.9 Å². The van der Waals surface area contributed by atoms with Gasteiger partial charge in [-0.1, -0.05) is 74.4 Å². The molecule has 5 rings (SSSR count). The SMILES string of the molecule is O=C(NOC=C=P)c1c(Cl)c(-c2ccc(-c3ccc(CCCOC4CCCCO4)cc3)cc2)nc2ccncc12. The van der Waals surface area contributed by atoms with Crippen molar-refractivity contribution >= 4 is 42.7 Å². The molecule has 9 heteroatoms. The molecule has 1 aliphatic rings. The van der Waals surface area contributed by atoms with E-state index in [4.69, 9.17) is 30.9 Å². The lowest BCUT2D eigenvalue weighted by Gasteiger charge is -2.22. The van der Waals surface area contributed by atoms with Crippen molar-refractivity contribution in [3.8, 4) is 22.4 Å². The van der Waals surface area contributed by atoms with Crippen molar-refractivity contribution in [1.82, 2.24) is 15.4 Å². The smallest absolute Gasteiger partial charge is 0.286 e. The van der Waals surface area contributed by atoms with Gasteiger partial charge in [-0.15, -0.1) is 0 Å². The number of pyridine rings is 2. The van der Waals surface area contributed by atoms with Crippen LogP contribution >= 0.6 is 20.5 Å². The zero-order chi connectivity index (χ0) is 27.7. The highest BCUT2D eigenvalue weighted by molar-refractivity contribution is 7.17. The van der Waals surface area contributed by atoms with Gasteiger partial charge in [0.25, 0.3) is 5.91 Å². The Balaban J connectivity index is 1.29. The van der Waals surface area contributed by atoms with Crippen LogP contribution in [0.3, 0.4) is 0 Å². The molecule has 1 saturated heterocycles. The third kappa shape index (κ3) is 6.76. The summed E-state index contributed by atoms with van der Waals surface area (Å²) >= 11 is 6.74. The van der Waals surface area contributed by atoms with E-state index in [9.17, 15) is 4.79 Å². The lowest BCUT2D eigenvalue weighted by atomic mass is 9.99. The van der Waals surface area contributed by atoms with Crippen LogP contribution in [0.2, 0.25) is 5.02 Å². The maximum absolute atomic E-state index is 12.9. The van der Waals surface area contributed by atoms with Gasteiger partial charge in [0.1, 0.15) is 0 Å². The molecule has 7 nitrogen and oxygen atoms in total. The van der Waals surface area contributed by atoms with Gasteiger partial charge >= 0.3 is 0 Å². The second-order valence-corrected chi connectivity index (χ2v) is 10.1. The van der Waals surface area contributed by atoms with Gasteiger partial charge in [0, 0.05) is 30.0 Å². The largest absolute Gasteiger partial charge is 0.378 e. The number of aromatic nitrogens is 2. The number of rotatable bonds is 10. The molecule has 1 aliphatic heterocycles. The Morgan fingerprint density at radius 2 is 1.85 bits per heavy atom. The number of fused-ring (bicyclic) bond motifs is 1. The predicted molar refractivity (Wildman–Crippen MR) is 160 cm³/mol. The molecule has 0 aliphatic carbocycles. The minimum absolute atomic E-state index is 0.0335. The number of carbonyl (C=O) groups is 1. The molecule has 1 unspecified atom stereocenters. The van der Waals surface area contributed by atoms with Crippen molar-refractivity contribution in [1.29, 1.82) is 0 Å². The van der Waals surface area contributed by atoms with Gasteiger partial charge in [-0.25, -0.2) is 4.98 Å². The van der Waals surface area contributed by atoms with Crippen molar-refractivity contribution < 1.29 is 19.1 Å². The van der Waals surface area contributed by atoms with Crippen molar-refractivity contribution in [2.24, 2.45) is 0 Å². The molecule has 2 aromatic carbocycles. The molecule has 40 heavy (non-hydrogen) atoms. The summed E-state index contributed by atoms with van der Waals surface area (Å²) in [4.78, 5) is 26.7. The quantitative estimate of drug-likeness (QED) is 0.0971. The van der Waals surface area contributed by atoms with Crippen LogP contribution in [0.5, 0.6) is 0 Å². The van der Waals surface area contributed by atoms with Crippen LogP contribution in [0.4, 0.5) is 0 Å². The first-order valence-corrected chi connectivity index (χ1v) is 14.1. The van der Waals surface area contributed by atoms with E-state index in [1.54, 1.807) is 18.5 Å². The minimum Gasteiger partial charge on any atom is -0.378 e. The molecule has 3 heterocycles. The summed E-state index contributed by atoms with van der Waals surface area (Å²) in [6.45, 7) is 1.51. The fourth-order valence-electron chi connectivity index (χ4n) is 4.68. The summed E-state index contributed by atoms with van der Waals surface area (Å²) in [7, 11) is 3.02. The number of nitrogens with one attached hydrogen (secondary N) is 1.